The van der Waals surface area contributed by atoms with Gasteiger partial charge in [0.2, 0.25) is 5.95 Å². The zero-order chi connectivity index (χ0) is 20.8. The predicted octanol–water partition coefficient (Wildman–Crippen LogP) is 3.99. The molecule has 0 aliphatic carbocycles. The summed E-state index contributed by atoms with van der Waals surface area (Å²) in [5.41, 5.74) is 15.4. The molecule has 0 amide bonds. The Bertz CT molecular complexity index is 1140. The predicted molar refractivity (Wildman–Crippen MR) is 103 cm³/mol. The van der Waals surface area contributed by atoms with Crippen molar-refractivity contribution in [3.8, 4) is 17.3 Å². The molecular weight excluding hydrogens is 376 g/mol. The highest BCUT2D eigenvalue weighted by molar-refractivity contribution is 5.69. The molecule has 2 aromatic carbocycles. The molecule has 0 aliphatic rings. The van der Waals surface area contributed by atoms with E-state index in [1.165, 1.54) is 12.3 Å². The molecule has 0 atom stereocenters. The lowest BCUT2D eigenvalue weighted by Gasteiger charge is -2.08. The molecule has 0 aliphatic heterocycles. The first-order chi connectivity index (χ1) is 14.0. The van der Waals surface area contributed by atoms with Crippen LogP contribution in [0.4, 0.5) is 14.7 Å². The number of hydrogen-bond acceptors (Lipinski definition) is 7. The van der Waals surface area contributed by atoms with Gasteiger partial charge >= 0.3 is 0 Å². The fourth-order valence-corrected chi connectivity index (χ4v) is 2.58. The first kappa shape index (κ1) is 19.6. The van der Waals surface area contributed by atoms with Crippen LogP contribution in [0, 0.1) is 28.5 Å². The van der Waals surface area contributed by atoms with Gasteiger partial charge in [0, 0.05) is 29.9 Å². The zero-order valence-electron chi connectivity index (χ0n) is 15.0. The van der Waals surface area contributed by atoms with Gasteiger partial charge in [-0.25, -0.2) is 24.3 Å². The van der Waals surface area contributed by atoms with E-state index in [-0.39, 0.29) is 29.4 Å². The largest absolute Gasteiger partial charge is 0.385 e. The van der Waals surface area contributed by atoms with Crippen LogP contribution in [-0.2, 0) is 6.54 Å². The Kier molecular flexibility index (Phi) is 5.85. The van der Waals surface area contributed by atoms with E-state index in [2.05, 4.69) is 26.5 Å². The van der Waals surface area contributed by atoms with Gasteiger partial charge in [-0.1, -0.05) is 18.2 Å². The van der Waals surface area contributed by atoms with Gasteiger partial charge in [-0.05, 0) is 24.3 Å². The van der Waals surface area contributed by atoms with Crippen molar-refractivity contribution in [3.05, 3.63) is 83.2 Å². The van der Waals surface area contributed by atoms with Gasteiger partial charge in [-0.3, -0.25) is 0 Å². The van der Waals surface area contributed by atoms with Gasteiger partial charge in [0.05, 0.1) is 23.0 Å². The number of hydrogen-bond donors (Lipinski definition) is 3. The molecule has 7 nitrogen and oxygen atoms in total. The van der Waals surface area contributed by atoms with Gasteiger partial charge in [0.1, 0.15) is 17.3 Å². The third kappa shape index (κ3) is 4.75. The maximum Gasteiger partial charge on any atom is 0.221 e. The number of nitrogens with zero attached hydrogens (tertiary/aromatic N) is 4. The standard InChI is InChI=1S/C20H15F2N7/c21-15-5-4-14(16(22)7-15)10-26-11-19(29-25)18-8-17(27-20(24)28-18)13-3-1-2-12(6-13)9-23/h1-8,11,25-26H,10H2,(H2,24,27,28)/b19-11-,29-25?. The Labute approximate surface area is 165 Å². The zero-order valence-corrected chi connectivity index (χ0v) is 15.0. The summed E-state index contributed by atoms with van der Waals surface area (Å²) in [6.45, 7) is 0.0583. The molecule has 0 saturated heterocycles. The fourth-order valence-electron chi connectivity index (χ4n) is 2.58. The van der Waals surface area contributed by atoms with Crippen molar-refractivity contribution in [1.82, 2.24) is 15.3 Å². The van der Waals surface area contributed by atoms with E-state index >= 15 is 0 Å². The fraction of sp³-hybridized carbons (Fsp3) is 0.0500. The lowest BCUT2D eigenvalue weighted by atomic mass is 10.1. The van der Waals surface area contributed by atoms with Crippen LogP contribution in [0.5, 0.6) is 0 Å². The van der Waals surface area contributed by atoms with Crippen LogP contribution in [0.2, 0.25) is 0 Å². The van der Waals surface area contributed by atoms with Crippen molar-refractivity contribution >= 4 is 11.6 Å². The van der Waals surface area contributed by atoms with Crippen molar-refractivity contribution in [2.24, 2.45) is 5.11 Å². The third-order valence-electron chi connectivity index (χ3n) is 3.96. The van der Waals surface area contributed by atoms with Crippen molar-refractivity contribution in [3.63, 3.8) is 0 Å². The van der Waals surface area contributed by atoms with Crippen molar-refractivity contribution in [2.45, 2.75) is 6.54 Å². The summed E-state index contributed by atoms with van der Waals surface area (Å²) in [4.78, 5) is 8.25. The molecule has 3 aromatic rings. The number of nitrogens with one attached hydrogen (secondary N) is 2. The lowest BCUT2D eigenvalue weighted by Crippen LogP contribution is -2.08. The summed E-state index contributed by atoms with van der Waals surface area (Å²) in [6.07, 6.45) is 1.38. The molecule has 0 spiro atoms. The third-order valence-corrected chi connectivity index (χ3v) is 3.96. The minimum atomic E-state index is -0.679. The number of nitrogen functional groups attached to an aromatic ring is 1. The topological polar surface area (TPSA) is 124 Å². The van der Waals surface area contributed by atoms with E-state index < -0.39 is 11.6 Å². The number of halogens is 2. The van der Waals surface area contributed by atoms with Gasteiger partial charge in [-0.15, -0.1) is 0 Å². The van der Waals surface area contributed by atoms with Crippen LogP contribution in [0.3, 0.4) is 0 Å². The van der Waals surface area contributed by atoms with Crippen LogP contribution in [0.25, 0.3) is 17.0 Å². The van der Waals surface area contributed by atoms with Gasteiger partial charge in [-0.2, -0.15) is 10.4 Å². The highest BCUT2D eigenvalue weighted by Crippen LogP contribution is 2.23. The average molecular weight is 391 g/mol. The van der Waals surface area contributed by atoms with Crippen LogP contribution in [0.15, 0.2) is 59.8 Å². The first-order valence-electron chi connectivity index (χ1n) is 8.40. The van der Waals surface area contributed by atoms with Crippen molar-refractivity contribution < 1.29 is 8.78 Å². The summed E-state index contributed by atoms with van der Waals surface area (Å²) >= 11 is 0. The van der Waals surface area contributed by atoms with Crippen LogP contribution >= 0.6 is 0 Å². The highest BCUT2D eigenvalue weighted by atomic mass is 19.1. The second-order valence-electron chi connectivity index (χ2n) is 5.95. The van der Waals surface area contributed by atoms with Crippen LogP contribution < -0.4 is 11.1 Å². The molecule has 4 N–H and O–H groups in total. The molecule has 144 valence electrons. The van der Waals surface area contributed by atoms with E-state index in [0.717, 1.165) is 12.1 Å². The summed E-state index contributed by atoms with van der Waals surface area (Å²) in [6, 6.07) is 13.7. The molecule has 0 unspecified atom stereocenters. The molecule has 9 heteroatoms. The number of aromatic nitrogens is 2. The maximum absolute atomic E-state index is 13.7. The summed E-state index contributed by atoms with van der Waals surface area (Å²) in [7, 11) is 0. The number of nitriles is 1. The van der Waals surface area contributed by atoms with Crippen molar-refractivity contribution in [2.75, 3.05) is 5.73 Å². The summed E-state index contributed by atoms with van der Waals surface area (Å²) < 4.78 is 26.7. The van der Waals surface area contributed by atoms with Gasteiger partial charge in [0.25, 0.3) is 0 Å². The van der Waals surface area contributed by atoms with Crippen LogP contribution in [0.1, 0.15) is 16.8 Å². The quantitative estimate of drug-likeness (QED) is 0.548. The molecule has 3 rings (SSSR count). The number of anilines is 1. The van der Waals surface area contributed by atoms with Crippen LogP contribution in [-0.4, -0.2) is 9.97 Å². The lowest BCUT2D eigenvalue weighted by molar-refractivity contribution is 0.568. The average Bonchev–Trinajstić information content (AvgIpc) is 2.72. The SMILES string of the molecule is N#Cc1cccc(-c2cc(/C(=C/NCc3ccc(F)cc3F)N=N)nc(N)n2)c1. The Morgan fingerprint density at radius 1 is 1.21 bits per heavy atom. The highest BCUT2D eigenvalue weighted by Gasteiger charge is 2.10. The number of rotatable bonds is 6. The minimum absolute atomic E-state index is 0.0287. The van der Waals surface area contributed by atoms with E-state index in [1.54, 1.807) is 30.3 Å². The molecule has 29 heavy (non-hydrogen) atoms. The minimum Gasteiger partial charge on any atom is -0.385 e. The van der Waals surface area contributed by atoms with Gasteiger partial charge < -0.3 is 11.1 Å². The van der Waals surface area contributed by atoms with E-state index in [4.69, 9.17) is 16.5 Å². The molecule has 0 bridgehead atoms. The smallest absolute Gasteiger partial charge is 0.221 e. The van der Waals surface area contributed by atoms with E-state index in [0.29, 0.717) is 16.8 Å². The number of nitrogens with two attached hydrogens (primary N) is 1. The second kappa shape index (κ2) is 8.67. The Balaban J connectivity index is 1.87. The monoisotopic (exact) mass is 391 g/mol. The molecular formula is C20H15F2N7. The van der Waals surface area contributed by atoms with Gasteiger partial charge in [0.15, 0.2) is 0 Å². The van der Waals surface area contributed by atoms with Crippen molar-refractivity contribution in [1.29, 1.82) is 10.8 Å². The molecule has 1 aromatic heterocycles. The summed E-state index contributed by atoms with van der Waals surface area (Å²) in [5.74, 6) is -1.37. The molecule has 0 fully saturated rings. The maximum atomic E-state index is 13.7. The molecule has 0 saturated carbocycles. The Hall–Kier alpha value is -4.19. The molecule has 0 radical (unpaired) electrons. The van der Waals surface area contributed by atoms with E-state index in [9.17, 15) is 8.78 Å². The Morgan fingerprint density at radius 3 is 2.76 bits per heavy atom. The summed E-state index contributed by atoms with van der Waals surface area (Å²) in [5, 5.41) is 15.3. The van der Waals surface area contributed by atoms with E-state index in [1.807, 2.05) is 0 Å². The first-order valence-corrected chi connectivity index (χ1v) is 8.40. The second-order valence-corrected chi connectivity index (χ2v) is 5.95. The normalized spacial score (nSPS) is 11.0. The Morgan fingerprint density at radius 2 is 2.03 bits per heavy atom. The molecule has 1 heterocycles. The number of benzene rings is 2.